The average Bonchev–Trinajstić information content (AvgIpc) is 2.56. The first kappa shape index (κ1) is 8.38. The summed E-state index contributed by atoms with van der Waals surface area (Å²) in [5.74, 6) is 0. The third kappa shape index (κ3) is 1.60. The zero-order valence-corrected chi connectivity index (χ0v) is 8.51. The Kier molecular flexibility index (Phi) is 2.10. The predicted octanol–water partition coefficient (Wildman–Crippen LogP) is 3.03. The topological polar surface area (TPSA) is 41.8 Å². The van der Waals surface area contributed by atoms with Crippen LogP contribution in [0, 0.1) is 0 Å². The van der Waals surface area contributed by atoms with Crippen molar-refractivity contribution in [3.05, 3.63) is 41.0 Å². The number of hydrogen-bond donors (Lipinski definition) is 2. The highest BCUT2D eigenvalue weighted by Crippen LogP contribution is 2.26. The van der Waals surface area contributed by atoms with Crippen LogP contribution in [0.3, 0.4) is 0 Å². The van der Waals surface area contributed by atoms with E-state index in [1.165, 1.54) is 0 Å². The van der Waals surface area contributed by atoms with Crippen molar-refractivity contribution in [2.24, 2.45) is 0 Å². The van der Waals surface area contributed by atoms with E-state index in [2.05, 4.69) is 20.9 Å². The molecule has 0 bridgehead atoms. The molecule has 0 saturated carbocycles. The van der Waals surface area contributed by atoms with Crippen LogP contribution in [0.1, 0.15) is 0 Å². The van der Waals surface area contributed by atoms with Gasteiger partial charge in [0.1, 0.15) is 0 Å². The molecular weight excluding hydrogens is 228 g/mol. The fourth-order valence-electron chi connectivity index (χ4n) is 1.28. The van der Waals surface area contributed by atoms with E-state index in [1.807, 2.05) is 36.5 Å². The molecular formula is C10H9BrN2. The second-order valence-corrected chi connectivity index (χ2v) is 3.73. The number of hydrogen-bond acceptors (Lipinski definition) is 1. The minimum atomic E-state index is 0.775. The Labute approximate surface area is 84.9 Å². The van der Waals surface area contributed by atoms with Crippen molar-refractivity contribution < 1.29 is 0 Å². The lowest BCUT2D eigenvalue weighted by atomic mass is 10.1. The van der Waals surface area contributed by atoms with Crippen LogP contribution in [0.5, 0.6) is 0 Å². The number of nitrogens with two attached hydrogens (primary N) is 1. The van der Waals surface area contributed by atoms with Gasteiger partial charge in [0.25, 0.3) is 0 Å². The molecule has 1 heterocycles. The maximum Gasteiger partial charge on any atom is 0.0474 e. The van der Waals surface area contributed by atoms with E-state index in [1.54, 1.807) is 0 Å². The van der Waals surface area contributed by atoms with Crippen LogP contribution < -0.4 is 5.73 Å². The summed E-state index contributed by atoms with van der Waals surface area (Å²) in [6, 6.07) is 9.82. The van der Waals surface area contributed by atoms with Gasteiger partial charge in [0.15, 0.2) is 0 Å². The number of anilines is 1. The Morgan fingerprint density at radius 1 is 1.23 bits per heavy atom. The van der Waals surface area contributed by atoms with Crippen LogP contribution in [-0.2, 0) is 0 Å². The SMILES string of the molecule is Nc1cc(Br)ccc1-c1ccc[nH]1. The lowest BCUT2D eigenvalue weighted by Gasteiger charge is -2.03. The summed E-state index contributed by atoms with van der Waals surface area (Å²) in [6.07, 6.45) is 1.89. The summed E-state index contributed by atoms with van der Waals surface area (Å²) in [5, 5.41) is 0. The highest BCUT2D eigenvalue weighted by atomic mass is 79.9. The number of benzene rings is 1. The van der Waals surface area contributed by atoms with Crippen molar-refractivity contribution in [2.75, 3.05) is 5.73 Å². The maximum atomic E-state index is 5.86. The molecule has 13 heavy (non-hydrogen) atoms. The van der Waals surface area contributed by atoms with Gasteiger partial charge in [0.05, 0.1) is 0 Å². The van der Waals surface area contributed by atoms with E-state index in [9.17, 15) is 0 Å². The summed E-state index contributed by atoms with van der Waals surface area (Å²) >= 11 is 3.37. The summed E-state index contributed by atoms with van der Waals surface area (Å²) in [6.45, 7) is 0. The number of nitrogens with one attached hydrogen (secondary N) is 1. The molecule has 1 aromatic carbocycles. The fourth-order valence-corrected chi connectivity index (χ4v) is 1.66. The van der Waals surface area contributed by atoms with Crippen molar-refractivity contribution in [1.29, 1.82) is 0 Å². The zero-order valence-electron chi connectivity index (χ0n) is 6.92. The van der Waals surface area contributed by atoms with Gasteiger partial charge in [0, 0.05) is 27.6 Å². The summed E-state index contributed by atoms with van der Waals surface area (Å²) in [7, 11) is 0. The zero-order chi connectivity index (χ0) is 9.26. The van der Waals surface area contributed by atoms with Gasteiger partial charge in [-0.3, -0.25) is 0 Å². The predicted molar refractivity (Wildman–Crippen MR) is 58.3 cm³/mol. The standard InChI is InChI=1S/C10H9BrN2/c11-7-3-4-8(9(12)6-7)10-2-1-5-13-10/h1-6,13H,12H2. The molecule has 0 aliphatic heterocycles. The Hall–Kier alpha value is -1.22. The molecule has 0 fully saturated rings. The molecule has 0 atom stereocenters. The van der Waals surface area contributed by atoms with Gasteiger partial charge in [-0.1, -0.05) is 15.9 Å². The molecule has 0 aliphatic rings. The van der Waals surface area contributed by atoms with Gasteiger partial charge >= 0.3 is 0 Å². The normalized spacial score (nSPS) is 10.2. The van der Waals surface area contributed by atoms with Crippen LogP contribution >= 0.6 is 15.9 Å². The number of aromatic amines is 1. The Bertz CT molecular complexity index is 407. The molecule has 3 heteroatoms. The Morgan fingerprint density at radius 2 is 2.08 bits per heavy atom. The monoisotopic (exact) mass is 236 g/mol. The Balaban J connectivity index is 2.53. The Morgan fingerprint density at radius 3 is 2.69 bits per heavy atom. The second kappa shape index (κ2) is 3.26. The molecule has 0 radical (unpaired) electrons. The van der Waals surface area contributed by atoms with Crippen LogP contribution in [0.2, 0.25) is 0 Å². The molecule has 2 nitrogen and oxygen atoms in total. The number of H-pyrrole nitrogens is 1. The van der Waals surface area contributed by atoms with Crippen molar-refractivity contribution in [2.45, 2.75) is 0 Å². The van der Waals surface area contributed by atoms with E-state index in [0.29, 0.717) is 0 Å². The van der Waals surface area contributed by atoms with Crippen LogP contribution in [0.25, 0.3) is 11.3 Å². The largest absolute Gasteiger partial charge is 0.398 e. The van der Waals surface area contributed by atoms with Crippen molar-refractivity contribution in [1.82, 2.24) is 4.98 Å². The molecule has 0 spiro atoms. The van der Waals surface area contributed by atoms with Crippen molar-refractivity contribution in [3.8, 4) is 11.3 Å². The fraction of sp³-hybridized carbons (Fsp3) is 0. The third-order valence-corrected chi connectivity index (χ3v) is 2.39. The molecule has 1 aromatic heterocycles. The first-order valence-electron chi connectivity index (χ1n) is 3.96. The number of aromatic nitrogens is 1. The number of nitrogen functional groups attached to an aromatic ring is 1. The van der Waals surface area contributed by atoms with Crippen molar-refractivity contribution in [3.63, 3.8) is 0 Å². The molecule has 0 aliphatic carbocycles. The molecule has 2 rings (SSSR count). The average molecular weight is 237 g/mol. The first-order chi connectivity index (χ1) is 6.27. The van der Waals surface area contributed by atoms with Crippen LogP contribution in [-0.4, -0.2) is 4.98 Å². The van der Waals surface area contributed by atoms with E-state index < -0.39 is 0 Å². The maximum absolute atomic E-state index is 5.86. The van der Waals surface area contributed by atoms with Gasteiger partial charge < -0.3 is 10.7 Å². The molecule has 3 N–H and O–H groups in total. The summed E-state index contributed by atoms with van der Waals surface area (Å²) in [4.78, 5) is 3.12. The molecule has 0 saturated heterocycles. The minimum Gasteiger partial charge on any atom is -0.398 e. The second-order valence-electron chi connectivity index (χ2n) is 2.82. The molecule has 66 valence electrons. The summed E-state index contributed by atoms with van der Waals surface area (Å²) < 4.78 is 1.00. The number of rotatable bonds is 1. The van der Waals surface area contributed by atoms with E-state index in [4.69, 9.17) is 5.73 Å². The lowest BCUT2D eigenvalue weighted by Crippen LogP contribution is -1.89. The molecule has 2 aromatic rings. The van der Waals surface area contributed by atoms with Gasteiger partial charge in [-0.05, 0) is 30.3 Å². The molecule has 0 unspecified atom stereocenters. The number of halogens is 1. The third-order valence-electron chi connectivity index (χ3n) is 1.90. The van der Waals surface area contributed by atoms with Crippen molar-refractivity contribution >= 4 is 21.6 Å². The first-order valence-corrected chi connectivity index (χ1v) is 4.75. The van der Waals surface area contributed by atoms with E-state index in [0.717, 1.165) is 21.4 Å². The quantitative estimate of drug-likeness (QED) is 0.735. The smallest absolute Gasteiger partial charge is 0.0474 e. The van der Waals surface area contributed by atoms with E-state index >= 15 is 0 Å². The lowest BCUT2D eigenvalue weighted by molar-refractivity contribution is 1.40. The highest BCUT2D eigenvalue weighted by molar-refractivity contribution is 9.10. The molecule has 0 amide bonds. The van der Waals surface area contributed by atoms with Crippen LogP contribution in [0.15, 0.2) is 41.0 Å². The van der Waals surface area contributed by atoms with Crippen LogP contribution in [0.4, 0.5) is 5.69 Å². The van der Waals surface area contributed by atoms with Gasteiger partial charge in [-0.15, -0.1) is 0 Å². The van der Waals surface area contributed by atoms with Gasteiger partial charge in [0.2, 0.25) is 0 Å². The summed E-state index contributed by atoms with van der Waals surface area (Å²) in [5.41, 5.74) is 8.72. The minimum absolute atomic E-state index is 0.775. The van der Waals surface area contributed by atoms with Gasteiger partial charge in [-0.25, -0.2) is 0 Å². The van der Waals surface area contributed by atoms with Gasteiger partial charge in [-0.2, -0.15) is 0 Å². The van der Waals surface area contributed by atoms with E-state index in [-0.39, 0.29) is 0 Å². The highest BCUT2D eigenvalue weighted by Gasteiger charge is 2.02.